The zero-order valence-corrected chi connectivity index (χ0v) is 10.3. The van der Waals surface area contributed by atoms with Crippen LogP contribution in [0.25, 0.3) is 0 Å². The summed E-state index contributed by atoms with van der Waals surface area (Å²) in [7, 11) is -3.67. The van der Waals surface area contributed by atoms with Crippen molar-refractivity contribution in [1.29, 1.82) is 0 Å². The van der Waals surface area contributed by atoms with Gasteiger partial charge in [0.1, 0.15) is 12.4 Å². The molecule has 0 atom stereocenters. The van der Waals surface area contributed by atoms with E-state index in [9.17, 15) is 8.42 Å². The third-order valence-electron chi connectivity index (χ3n) is 2.25. The molecule has 0 bridgehead atoms. The summed E-state index contributed by atoms with van der Waals surface area (Å²) in [5.74, 6) is 0.211. The molecule has 0 spiro atoms. The van der Waals surface area contributed by atoms with Crippen molar-refractivity contribution >= 4 is 10.0 Å². The Hall–Kier alpha value is -1.64. The van der Waals surface area contributed by atoms with E-state index in [1.165, 1.54) is 12.1 Å². The summed E-state index contributed by atoms with van der Waals surface area (Å²) in [5.41, 5.74) is 0. The fraction of sp³-hybridized carbons (Fsp3) is 0.300. The van der Waals surface area contributed by atoms with E-state index in [1.54, 1.807) is 23.1 Å². The highest BCUT2D eigenvalue weighted by atomic mass is 32.2. The highest BCUT2D eigenvalue weighted by molar-refractivity contribution is 7.89. The van der Waals surface area contributed by atoms with Gasteiger partial charge < -0.3 is 9.52 Å². The Morgan fingerprint density at radius 2 is 2.28 bits per heavy atom. The lowest BCUT2D eigenvalue weighted by molar-refractivity contribution is 0.236. The first-order valence-corrected chi connectivity index (χ1v) is 6.77. The van der Waals surface area contributed by atoms with Crippen LogP contribution in [0.2, 0.25) is 0 Å². The Labute approximate surface area is 104 Å². The average Bonchev–Trinajstić information content (AvgIpc) is 2.99. The van der Waals surface area contributed by atoms with Crippen LogP contribution in [-0.2, 0) is 23.2 Å². The van der Waals surface area contributed by atoms with Gasteiger partial charge >= 0.3 is 0 Å². The number of hydrogen-bond donors (Lipinski definition) is 2. The van der Waals surface area contributed by atoms with E-state index in [2.05, 4.69) is 9.82 Å². The molecule has 0 aromatic carbocycles. The first kappa shape index (κ1) is 12.8. The summed E-state index contributed by atoms with van der Waals surface area (Å²) >= 11 is 0. The number of aliphatic hydroxyl groups excluding tert-OH is 1. The van der Waals surface area contributed by atoms with Gasteiger partial charge in [0.25, 0.3) is 10.0 Å². The number of nitrogens with one attached hydrogen (secondary N) is 1. The highest BCUT2D eigenvalue weighted by Crippen LogP contribution is 2.13. The van der Waals surface area contributed by atoms with Gasteiger partial charge in [0.2, 0.25) is 5.09 Å². The lowest BCUT2D eigenvalue weighted by atomic mass is 10.5. The molecule has 0 saturated carbocycles. The van der Waals surface area contributed by atoms with Crippen LogP contribution >= 0.6 is 0 Å². The molecule has 0 radical (unpaired) electrons. The molecule has 0 saturated heterocycles. The third-order valence-corrected chi connectivity index (χ3v) is 3.58. The number of hydrogen-bond acceptors (Lipinski definition) is 5. The van der Waals surface area contributed by atoms with Crippen LogP contribution < -0.4 is 4.72 Å². The monoisotopic (exact) mass is 271 g/mol. The number of sulfonamides is 1. The van der Waals surface area contributed by atoms with Crippen molar-refractivity contribution in [3.05, 3.63) is 36.4 Å². The molecule has 2 N–H and O–H groups in total. The van der Waals surface area contributed by atoms with Gasteiger partial charge in [-0.1, -0.05) is 0 Å². The molecule has 2 aromatic rings. The Balaban J connectivity index is 1.95. The number of nitrogens with zero attached hydrogens (tertiary/aromatic N) is 2. The molecule has 0 unspecified atom stereocenters. The smallest absolute Gasteiger partial charge is 0.274 e. The van der Waals surface area contributed by atoms with Crippen LogP contribution in [-0.4, -0.2) is 29.8 Å². The van der Waals surface area contributed by atoms with E-state index in [0.717, 1.165) is 0 Å². The molecule has 8 heteroatoms. The van der Waals surface area contributed by atoms with Crippen LogP contribution in [0.5, 0.6) is 0 Å². The molecular weight excluding hydrogens is 258 g/mol. The molecule has 18 heavy (non-hydrogen) atoms. The Bertz CT molecular complexity index is 588. The van der Waals surface area contributed by atoms with E-state index in [0.29, 0.717) is 6.54 Å². The highest BCUT2D eigenvalue weighted by Gasteiger charge is 2.17. The predicted octanol–water partition coefficient (Wildman–Crippen LogP) is -0.0531. The van der Waals surface area contributed by atoms with Crippen LogP contribution in [0.1, 0.15) is 5.76 Å². The van der Waals surface area contributed by atoms with E-state index < -0.39 is 10.0 Å². The number of aromatic nitrogens is 2. The van der Waals surface area contributed by atoms with Crippen LogP contribution in [0.3, 0.4) is 0 Å². The number of aliphatic hydroxyl groups is 1. The van der Waals surface area contributed by atoms with Crippen molar-refractivity contribution in [3.63, 3.8) is 0 Å². The van der Waals surface area contributed by atoms with Crippen LogP contribution in [0.4, 0.5) is 0 Å². The van der Waals surface area contributed by atoms with Gasteiger partial charge in [-0.05, 0) is 18.2 Å². The van der Waals surface area contributed by atoms with Gasteiger partial charge in [-0.25, -0.2) is 13.1 Å². The van der Waals surface area contributed by atoms with Gasteiger partial charge in [0.15, 0.2) is 0 Å². The van der Waals surface area contributed by atoms with Gasteiger partial charge in [0.05, 0.1) is 6.54 Å². The maximum atomic E-state index is 11.8. The zero-order chi connectivity index (χ0) is 13.0. The molecule has 2 rings (SSSR count). The Morgan fingerprint density at radius 3 is 2.89 bits per heavy atom. The normalized spacial score (nSPS) is 11.8. The number of rotatable bonds is 6. The fourth-order valence-corrected chi connectivity index (χ4v) is 2.35. The molecule has 0 amide bonds. The standard InChI is InChI=1S/C10H13N3O4S/c14-8-9-2-3-10(17-9)18(15,16)12-5-7-13-6-1-4-11-13/h1-4,6,12,14H,5,7-8H2. The third kappa shape index (κ3) is 2.97. The molecule has 0 aliphatic carbocycles. The second kappa shape index (κ2) is 5.34. The largest absolute Gasteiger partial charge is 0.446 e. The van der Waals surface area contributed by atoms with Gasteiger partial charge in [0, 0.05) is 18.9 Å². The molecule has 0 fully saturated rings. The van der Waals surface area contributed by atoms with Crippen molar-refractivity contribution in [3.8, 4) is 0 Å². The van der Waals surface area contributed by atoms with Crippen molar-refractivity contribution in [2.45, 2.75) is 18.2 Å². The topological polar surface area (TPSA) is 97.4 Å². The summed E-state index contributed by atoms with van der Waals surface area (Å²) < 4.78 is 32.5. The first-order valence-electron chi connectivity index (χ1n) is 5.28. The summed E-state index contributed by atoms with van der Waals surface area (Å²) in [6.45, 7) is 0.307. The van der Waals surface area contributed by atoms with E-state index >= 15 is 0 Å². The molecule has 2 heterocycles. The zero-order valence-electron chi connectivity index (χ0n) is 9.48. The fourth-order valence-electron chi connectivity index (χ4n) is 1.39. The van der Waals surface area contributed by atoms with Crippen molar-refractivity contribution < 1.29 is 17.9 Å². The minimum Gasteiger partial charge on any atom is -0.446 e. The van der Waals surface area contributed by atoms with Gasteiger partial charge in [-0.2, -0.15) is 5.10 Å². The molecule has 2 aromatic heterocycles. The molecule has 98 valence electrons. The minimum absolute atomic E-state index is 0.202. The van der Waals surface area contributed by atoms with E-state index in [-0.39, 0.29) is 24.0 Å². The summed E-state index contributed by atoms with van der Waals surface area (Å²) in [5, 5.41) is 12.5. The Kier molecular flexibility index (Phi) is 3.80. The molecule has 0 aliphatic heterocycles. The van der Waals surface area contributed by atoms with Crippen molar-refractivity contribution in [2.75, 3.05) is 6.54 Å². The van der Waals surface area contributed by atoms with Crippen LogP contribution in [0, 0.1) is 0 Å². The quantitative estimate of drug-likeness (QED) is 0.767. The lowest BCUT2D eigenvalue weighted by Crippen LogP contribution is -2.27. The predicted molar refractivity (Wildman–Crippen MR) is 62.0 cm³/mol. The summed E-state index contributed by atoms with van der Waals surface area (Å²) in [6, 6.07) is 4.48. The van der Waals surface area contributed by atoms with Gasteiger partial charge in [-0.3, -0.25) is 4.68 Å². The van der Waals surface area contributed by atoms with E-state index in [1.807, 2.05) is 0 Å². The second-order valence-corrected chi connectivity index (χ2v) is 5.24. The Morgan fingerprint density at radius 1 is 1.44 bits per heavy atom. The average molecular weight is 271 g/mol. The number of furan rings is 1. The molecular formula is C10H13N3O4S. The maximum absolute atomic E-state index is 11.8. The minimum atomic E-state index is -3.67. The molecule has 7 nitrogen and oxygen atoms in total. The van der Waals surface area contributed by atoms with Crippen molar-refractivity contribution in [1.82, 2.24) is 14.5 Å². The SMILES string of the molecule is O=S(=O)(NCCn1cccn1)c1ccc(CO)o1. The van der Waals surface area contributed by atoms with Crippen LogP contribution in [0.15, 0.2) is 40.1 Å². The van der Waals surface area contributed by atoms with Crippen molar-refractivity contribution in [2.24, 2.45) is 0 Å². The maximum Gasteiger partial charge on any atom is 0.274 e. The first-order chi connectivity index (χ1) is 8.62. The lowest BCUT2D eigenvalue weighted by Gasteiger charge is -2.04. The second-order valence-electron chi connectivity index (χ2n) is 3.55. The van der Waals surface area contributed by atoms with Gasteiger partial charge in [-0.15, -0.1) is 0 Å². The summed E-state index contributed by atoms with van der Waals surface area (Å²) in [6.07, 6.45) is 3.36. The molecule has 0 aliphatic rings. The van der Waals surface area contributed by atoms with E-state index in [4.69, 9.17) is 9.52 Å². The summed E-state index contributed by atoms with van der Waals surface area (Å²) in [4.78, 5) is 0.